The molecule has 0 amide bonds. The van der Waals surface area contributed by atoms with Crippen LogP contribution in [0.15, 0.2) is 24.3 Å². The monoisotopic (exact) mass is 290 g/mol. The maximum atomic E-state index is 12.0. The van der Waals surface area contributed by atoms with Gasteiger partial charge in [0.15, 0.2) is 0 Å². The molecule has 1 aromatic rings. The summed E-state index contributed by atoms with van der Waals surface area (Å²) in [5.74, 6) is -0.221. The number of alkyl halides is 3. The predicted molar refractivity (Wildman–Crippen MR) is 72.6 cm³/mol. The zero-order chi connectivity index (χ0) is 15.6. The number of hydrogen-bond acceptors (Lipinski definition) is 3. The van der Waals surface area contributed by atoms with Gasteiger partial charge in [0.1, 0.15) is 5.75 Å². The molecule has 0 bridgehead atoms. The van der Waals surface area contributed by atoms with Crippen LogP contribution >= 0.6 is 0 Å². The van der Waals surface area contributed by atoms with Gasteiger partial charge in [-0.25, -0.2) is 0 Å². The van der Waals surface area contributed by atoms with Crippen LogP contribution in [-0.4, -0.2) is 36.9 Å². The molecule has 0 aliphatic rings. The zero-order valence-corrected chi connectivity index (χ0v) is 12.2. The van der Waals surface area contributed by atoms with Crippen molar-refractivity contribution in [3.8, 4) is 5.75 Å². The highest BCUT2D eigenvalue weighted by atomic mass is 19.4. The van der Waals surface area contributed by atoms with Crippen LogP contribution in [0, 0.1) is 0 Å². The van der Waals surface area contributed by atoms with Crippen molar-refractivity contribution < 1.29 is 17.9 Å². The van der Waals surface area contributed by atoms with E-state index >= 15 is 0 Å². The van der Waals surface area contributed by atoms with Crippen molar-refractivity contribution >= 4 is 0 Å². The van der Waals surface area contributed by atoms with Crippen molar-refractivity contribution in [2.75, 3.05) is 14.1 Å². The van der Waals surface area contributed by atoms with E-state index < -0.39 is 6.36 Å². The third-order valence-corrected chi connectivity index (χ3v) is 3.67. The Balaban J connectivity index is 2.71. The molecule has 0 radical (unpaired) electrons. The molecule has 0 saturated heterocycles. The third kappa shape index (κ3) is 4.68. The lowest BCUT2D eigenvalue weighted by molar-refractivity contribution is -0.274. The van der Waals surface area contributed by atoms with Crippen LogP contribution in [0.5, 0.6) is 5.75 Å². The van der Waals surface area contributed by atoms with Crippen LogP contribution < -0.4 is 10.5 Å². The molecule has 1 atom stereocenters. The zero-order valence-electron chi connectivity index (χ0n) is 12.2. The Kier molecular flexibility index (Phi) is 5.05. The number of nitrogens with zero attached hydrogens (tertiary/aromatic N) is 1. The summed E-state index contributed by atoms with van der Waals surface area (Å²) < 4.78 is 40.0. The second-order valence-corrected chi connectivity index (χ2v) is 5.55. The van der Waals surface area contributed by atoms with Gasteiger partial charge >= 0.3 is 6.36 Å². The molecular formula is C14H21F3N2O. The Morgan fingerprint density at radius 2 is 1.65 bits per heavy atom. The molecule has 2 N–H and O–H groups in total. The van der Waals surface area contributed by atoms with Crippen molar-refractivity contribution in [3.63, 3.8) is 0 Å². The second kappa shape index (κ2) is 6.01. The first kappa shape index (κ1) is 16.8. The number of hydrogen-bond donors (Lipinski definition) is 1. The van der Waals surface area contributed by atoms with Gasteiger partial charge < -0.3 is 15.4 Å². The van der Waals surface area contributed by atoms with Crippen LogP contribution in [0.1, 0.15) is 19.4 Å². The van der Waals surface area contributed by atoms with Crippen LogP contribution in [-0.2, 0) is 6.42 Å². The molecule has 0 aliphatic carbocycles. The second-order valence-electron chi connectivity index (χ2n) is 5.55. The minimum atomic E-state index is -4.66. The fourth-order valence-electron chi connectivity index (χ4n) is 1.66. The van der Waals surface area contributed by atoms with E-state index in [2.05, 4.69) is 4.74 Å². The molecule has 0 aliphatic heterocycles. The lowest BCUT2D eigenvalue weighted by Gasteiger charge is -2.38. The summed E-state index contributed by atoms with van der Waals surface area (Å²) in [5, 5.41) is 0. The van der Waals surface area contributed by atoms with E-state index in [-0.39, 0.29) is 17.3 Å². The highest BCUT2D eigenvalue weighted by Gasteiger charge is 2.31. The Morgan fingerprint density at radius 3 is 2.05 bits per heavy atom. The van der Waals surface area contributed by atoms with E-state index in [1.54, 1.807) is 12.1 Å². The van der Waals surface area contributed by atoms with E-state index in [1.807, 2.05) is 32.8 Å². The summed E-state index contributed by atoms with van der Waals surface area (Å²) in [4.78, 5) is 2.03. The summed E-state index contributed by atoms with van der Waals surface area (Å²) in [6.07, 6.45) is -4.08. The molecule has 0 spiro atoms. The highest BCUT2D eigenvalue weighted by molar-refractivity contribution is 5.28. The lowest BCUT2D eigenvalue weighted by Crippen LogP contribution is -2.54. The van der Waals surface area contributed by atoms with Gasteiger partial charge in [0.2, 0.25) is 0 Å². The van der Waals surface area contributed by atoms with E-state index in [1.165, 1.54) is 12.1 Å². The summed E-state index contributed by atoms with van der Waals surface area (Å²) >= 11 is 0. The van der Waals surface area contributed by atoms with E-state index in [9.17, 15) is 13.2 Å². The van der Waals surface area contributed by atoms with Gasteiger partial charge in [-0.15, -0.1) is 13.2 Å². The summed E-state index contributed by atoms with van der Waals surface area (Å²) in [7, 11) is 3.89. The number of nitrogens with two attached hydrogens (primary N) is 1. The van der Waals surface area contributed by atoms with Gasteiger partial charge in [-0.3, -0.25) is 0 Å². The van der Waals surface area contributed by atoms with Crippen molar-refractivity contribution in [1.29, 1.82) is 0 Å². The minimum Gasteiger partial charge on any atom is -0.406 e. The standard InChI is InChI=1S/C14H21F3N2O/c1-13(2,19(3)4)12(18)9-10-5-7-11(8-6-10)20-14(15,16)17/h5-8,12H,9,18H2,1-4H3. The summed E-state index contributed by atoms with van der Waals surface area (Å²) in [5.41, 5.74) is 6.84. The maximum absolute atomic E-state index is 12.0. The average Bonchev–Trinajstić information content (AvgIpc) is 2.29. The lowest BCUT2D eigenvalue weighted by atomic mass is 9.89. The van der Waals surface area contributed by atoms with Crippen LogP contribution in [0.25, 0.3) is 0 Å². The molecule has 0 heterocycles. The molecule has 1 aromatic carbocycles. The van der Waals surface area contributed by atoms with Gasteiger partial charge in [0.25, 0.3) is 0 Å². The summed E-state index contributed by atoms with van der Waals surface area (Å²) in [6.45, 7) is 4.05. The van der Waals surface area contributed by atoms with Gasteiger partial charge in [-0.1, -0.05) is 12.1 Å². The topological polar surface area (TPSA) is 38.5 Å². The number of ether oxygens (including phenoxy) is 1. The molecular weight excluding hydrogens is 269 g/mol. The van der Waals surface area contributed by atoms with E-state index in [0.29, 0.717) is 6.42 Å². The first-order valence-electron chi connectivity index (χ1n) is 6.30. The molecule has 3 nitrogen and oxygen atoms in total. The van der Waals surface area contributed by atoms with Crippen LogP contribution in [0.3, 0.4) is 0 Å². The Hall–Kier alpha value is -1.27. The Bertz CT molecular complexity index is 427. The van der Waals surface area contributed by atoms with Crippen molar-refractivity contribution in [1.82, 2.24) is 4.90 Å². The van der Waals surface area contributed by atoms with Crippen molar-refractivity contribution in [3.05, 3.63) is 29.8 Å². The number of halogens is 3. The minimum absolute atomic E-state index is 0.133. The fraction of sp³-hybridized carbons (Fsp3) is 0.571. The SMILES string of the molecule is CN(C)C(C)(C)C(N)Cc1ccc(OC(F)(F)F)cc1. The van der Waals surface area contributed by atoms with Crippen molar-refractivity contribution in [2.24, 2.45) is 5.73 Å². The van der Waals surface area contributed by atoms with Gasteiger partial charge in [-0.05, 0) is 52.1 Å². The van der Waals surface area contributed by atoms with Gasteiger partial charge in [0.05, 0.1) is 0 Å². The van der Waals surface area contributed by atoms with E-state index in [4.69, 9.17) is 5.73 Å². The van der Waals surface area contributed by atoms with E-state index in [0.717, 1.165) is 5.56 Å². The van der Waals surface area contributed by atoms with Gasteiger partial charge in [0, 0.05) is 11.6 Å². The molecule has 0 aromatic heterocycles. The molecule has 114 valence electrons. The van der Waals surface area contributed by atoms with Crippen molar-refractivity contribution in [2.45, 2.75) is 38.2 Å². The Labute approximate surface area is 117 Å². The summed E-state index contributed by atoms with van der Waals surface area (Å²) in [6, 6.07) is 5.68. The van der Waals surface area contributed by atoms with Crippen LogP contribution in [0.4, 0.5) is 13.2 Å². The molecule has 6 heteroatoms. The molecule has 20 heavy (non-hydrogen) atoms. The third-order valence-electron chi connectivity index (χ3n) is 3.67. The Morgan fingerprint density at radius 1 is 1.15 bits per heavy atom. The molecule has 0 fully saturated rings. The molecule has 0 saturated carbocycles. The normalized spacial score (nSPS) is 14.4. The maximum Gasteiger partial charge on any atom is 0.573 e. The quantitative estimate of drug-likeness (QED) is 0.906. The van der Waals surface area contributed by atoms with Crippen LogP contribution in [0.2, 0.25) is 0 Å². The molecule has 1 rings (SSSR count). The first-order valence-corrected chi connectivity index (χ1v) is 6.30. The average molecular weight is 290 g/mol. The fourth-order valence-corrected chi connectivity index (χ4v) is 1.66. The predicted octanol–water partition coefficient (Wildman–Crippen LogP) is 2.80. The largest absolute Gasteiger partial charge is 0.573 e. The first-order chi connectivity index (χ1) is 9.02. The number of rotatable bonds is 5. The van der Waals surface area contributed by atoms with Gasteiger partial charge in [-0.2, -0.15) is 0 Å². The highest BCUT2D eigenvalue weighted by Crippen LogP contribution is 2.24. The molecule has 1 unspecified atom stereocenters. The number of benzene rings is 1. The smallest absolute Gasteiger partial charge is 0.406 e. The number of likely N-dealkylation sites (N-methyl/N-ethyl adjacent to an activating group) is 1.